The number of carboxylic acids is 2. The largest absolute Gasteiger partial charge is 0.481 e. The summed E-state index contributed by atoms with van der Waals surface area (Å²) in [6.07, 6.45) is 0. The van der Waals surface area contributed by atoms with Crippen LogP contribution in [0, 0.1) is 0 Å². The number of nitrogens with zero attached hydrogens (tertiary/aromatic N) is 3. The van der Waals surface area contributed by atoms with Gasteiger partial charge in [0, 0.05) is 10.7 Å². The third-order valence-corrected chi connectivity index (χ3v) is 4.26. The van der Waals surface area contributed by atoms with E-state index < -0.39 is 11.9 Å². The molecule has 11 heteroatoms. The smallest absolute Gasteiger partial charge is 0.313 e. The molecule has 2 rings (SSSR count). The van der Waals surface area contributed by atoms with Crippen molar-refractivity contribution in [2.24, 2.45) is 0 Å². The summed E-state index contributed by atoms with van der Waals surface area (Å²) < 4.78 is 0. The van der Waals surface area contributed by atoms with Gasteiger partial charge >= 0.3 is 11.9 Å². The summed E-state index contributed by atoms with van der Waals surface area (Å²) in [4.78, 5) is 33.6. The first-order valence-electron chi connectivity index (χ1n) is 6.40. The van der Waals surface area contributed by atoms with Crippen molar-refractivity contribution >= 4 is 58.7 Å². The van der Waals surface area contributed by atoms with Gasteiger partial charge in [-0.2, -0.15) is 15.0 Å². The van der Waals surface area contributed by atoms with Crippen molar-refractivity contribution in [2.75, 3.05) is 16.8 Å². The maximum Gasteiger partial charge on any atom is 0.313 e. The van der Waals surface area contributed by atoms with E-state index in [0.29, 0.717) is 10.7 Å². The number of hydrogen-bond donors (Lipinski definition) is 3. The Morgan fingerprint density at radius 1 is 0.958 bits per heavy atom. The number of carboxylic acid groups (broad SMARTS) is 2. The van der Waals surface area contributed by atoms with E-state index in [-0.39, 0.29) is 27.8 Å². The minimum atomic E-state index is -1.01. The van der Waals surface area contributed by atoms with Crippen LogP contribution in [0.4, 0.5) is 11.6 Å². The zero-order valence-corrected chi connectivity index (χ0v) is 14.4. The van der Waals surface area contributed by atoms with E-state index in [4.69, 9.17) is 21.8 Å². The number of carbonyl (C=O) groups is 2. The van der Waals surface area contributed by atoms with Crippen LogP contribution in [0.2, 0.25) is 5.02 Å². The molecule has 2 aromatic rings. The molecule has 0 aliphatic carbocycles. The first-order valence-corrected chi connectivity index (χ1v) is 8.75. The van der Waals surface area contributed by atoms with Gasteiger partial charge in [0.25, 0.3) is 0 Å². The van der Waals surface area contributed by atoms with Crippen LogP contribution < -0.4 is 5.32 Å². The number of nitrogens with one attached hydrogen (secondary N) is 1. The van der Waals surface area contributed by atoms with Crippen molar-refractivity contribution < 1.29 is 19.8 Å². The minimum absolute atomic E-state index is 0.188. The van der Waals surface area contributed by atoms with Crippen molar-refractivity contribution in [2.45, 2.75) is 10.3 Å². The molecule has 0 radical (unpaired) electrons. The monoisotopic (exact) mass is 386 g/mol. The fraction of sp³-hybridized carbons (Fsp3) is 0.154. The molecule has 1 heterocycles. The lowest BCUT2D eigenvalue weighted by Crippen LogP contribution is -2.06. The molecule has 8 nitrogen and oxygen atoms in total. The quantitative estimate of drug-likeness (QED) is 0.582. The van der Waals surface area contributed by atoms with E-state index in [0.717, 1.165) is 23.5 Å². The van der Waals surface area contributed by atoms with Crippen LogP contribution in [-0.2, 0) is 9.59 Å². The fourth-order valence-electron chi connectivity index (χ4n) is 1.44. The van der Waals surface area contributed by atoms with Crippen molar-refractivity contribution in [3.63, 3.8) is 0 Å². The summed E-state index contributed by atoms with van der Waals surface area (Å²) in [6.45, 7) is 0. The Morgan fingerprint density at radius 2 is 1.46 bits per heavy atom. The number of halogens is 1. The highest BCUT2D eigenvalue weighted by Crippen LogP contribution is 2.22. The molecule has 0 aliphatic heterocycles. The van der Waals surface area contributed by atoms with E-state index in [1.54, 1.807) is 24.3 Å². The first kappa shape index (κ1) is 18.3. The van der Waals surface area contributed by atoms with Crippen LogP contribution >= 0.6 is 35.1 Å². The molecule has 0 saturated carbocycles. The number of aliphatic carboxylic acids is 2. The van der Waals surface area contributed by atoms with Gasteiger partial charge in [-0.05, 0) is 24.3 Å². The molecule has 0 bridgehead atoms. The predicted molar refractivity (Wildman–Crippen MR) is 91.3 cm³/mol. The van der Waals surface area contributed by atoms with Crippen molar-refractivity contribution in [3.8, 4) is 0 Å². The van der Waals surface area contributed by atoms with Crippen LogP contribution in [0.3, 0.4) is 0 Å². The number of anilines is 2. The maximum atomic E-state index is 10.7. The summed E-state index contributed by atoms with van der Waals surface area (Å²) in [5.41, 5.74) is 0.675. The Kier molecular flexibility index (Phi) is 6.64. The Labute approximate surface area is 150 Å². The predicted octanol–water partition coefficient (Wildman–Crippen LogP) is 2.62. The molecule has 1 aromatic heterocycles. The zero-order valence-electron chi connectivity index (χ0n) is 12.0. The lowest BCUT2D eigenvalue weighted by molar-refractivity contribution is -0.134. The second-order valence-corrected chi connectivity index (χ2v) is 6.54. The Bertz CT molecular complexity index is 709. The third kappa shape index (κ3) is 6.22. The average Bonchev–Trinajstić information content (AvgIpc) is 2.53. The SMILES string of the molecule is O=C(O)CSc1nc(Nc2ccc(Cl)cc2)nc(SCC(=O)O)n1. The Hall–Kier alpha value is -2.04. The average molecular weight is 387 g/mol. The minimum Gasteiger partial charge on any atom is -0.481 e. The van der Waals surface area contributed by atoms with Crippen molar-refractivity contribution in [1.82, 2.24) is 15.0 Å². The van der Waals surface area contributed by atoms with Crippen LogP contribution in [-0.4, -0.2) is 48.6 Å². The van der Waals surface area contributed by atoms with Gasteiger partial charge in [0.15, 0.2) is 10.3 Å². The van der Waals surface area contributed by atoms with Crippen LogP contribution in [0.1, 0.15) is 0 Å². The second kappa shape index (κ2) is 8.71. The topological polar surface area (TPSA) is 125 Å². The highest BCUT2D eigenvalue weighted by molar-refractivity contribution is 8.00. The Balaban J connectivity index is 2.21. The highest BCUT2D eigenvalue weighted by Gasteiger charge is 2.11. The van der Waals surface area contributed by atoms with Gasteiger partial charge in [0.2, 0.25) is 5.95 Å². The van der Waals surface area contributed by atoms with E-state index in [1.807, 2.05) is 0 Å². The molecule has 0 fully saturated rings. The number of aromatic nitrogens is 3. The highest BCUT2D eigenvalue weighted by atomic mass is 35.5. The maximum absolute atomic E-state index is 10.7. The van der Waals surface area contributed by atoms with Crippen LogP contribution in [0.25, 0.3) is 0 Å². The lowest BCUT2D eigenvalue weighted by atomic mass is 10.3. The summed E-state index contributed by atoms with van der Waals surface area (Å²) in [6, 6.07) is 6.82. The van der Waals surface area contributed by atoms with E-state index in [2.05, 4.69) is 20.3 Å². The summed E-state index contributed by atoms with van der Waals surface area (Å²) in [7, 11) is 0. The molecule has 0 spiro atoms. The van der Waals surface area contributed by atoms with Gasteiger partial charge in [0.05, 0.1) is 11.5 Å². The van der Waals surface area contributed by atoms with E-state index in [9.17, 15) is 9.59 Å². The normalized spacial score (nSPS) is 10.4. The molecule has 0 aliphatic rings. The van der Waals surface area contributed by atoms with Gasteiger partial charge in [-0.15, -0.1) is 0 Å². The Morgan fingerprint density at radius 3 is 1.92 bits per heavy atom. The second-order valence-electron chi connectivity index (χ2n) is 4.22. The fourth-order valence-corrected chi connectivity index (χ4v) is 2.73. The molecular formula is C13H11ClN4O4S2. The molecule has 0 atom stereocenters. The standard InChI is InChI=1S/C13H11ClN4O4S2/c14-7-1-3-8(4-2-7)15-11-16-12(23-5-9(19)20)18-13(17-11)24-6-10(21)22/h1-4H,5-6H2,(H,19,20)(H,21,22)(H,15,16,17,18). The van der Waals surface area contributed by atoms with Gasteiger partial charge in [0.1, 0.15) is 0 Å². The third-order valence-electron chi connectivity index (χ3n) is 2.34. The zero-order chi connectivity index (χ0) is 17.5. The van der Waals surface area contributed by atoms with E-state index in [1.165, 1.54) is 0 Å². The van der Waals surface area contributed by atoms with Crippen molar-refractivity contribution in [1.29, 1.82) is 0 Å². The lowest BCUT2D eigenvalue weighted by Gasteiger charge is -2.08. The molecular weight excluding hydrogens is 376 g/mol. The van der Waals surface area contributed by atoms with Gasteiger partial charge in [-0.25, -0.2) is 0 Å². The number of rotatable bonds is 8. The number of thioether (sulfide) groups is 2. The molecule has 0 unspecified atom stereocenters. The molecule has 3 N–H and O–H groups in total. The van der Waals surface area contributed by atoms with Gasteiger partial charge < -0.3 is 15.5 Å². The van der Waals surface area contributed by atoms with Crippen LogP contribution in [0.5, 0.6) is 0 Å². The molecule has 24 heavy (non-hydrogen) atoms. The van der Waals surface area contributed by atoms with Crippen LogP contribution in [0.15, 0.2) is 34.6 Å². The van der Waals surface area contributed by atoms with Gasteiger partial charge in [-0.1, -0.05) is 35.1 Å². The van der Waals surface area contributed by atoms with E-state index >= 15 is 0 Å². The summed E-state index contributed by atoms with van der Waals surface area (Å²) in [5.74, 6) is -2.26. The van der Waals surface area contributed by atoms with Crippen molar-refractivity contribution in [3.05, 3.63) is 29.3 Å². The summed E-state index contributed by atoms with van der Waals surface area (Å²) in [5, 5.41) is 21.4. The number of hydrogen-bond acceptors (Lipinski definition) is 8. The molecule has 0 amide bonds. The molecule has 0 saturated heterocycles. The number of benzene rings is 1. The first-order chi connectivity index (χ1) is 11.4. The molecule has 126 valence electrons. The van der Waals surface area contributed by atoms with Gasteiger partial charge in [-0.3, -0.25) is 9.59 Å². The summed E-state index contributed by atoms with van der Waals surface area (Å²) >= 11 is 7.66. The molecule has 1 aromatic carbocycles.